The van der Waals surface area contributed by atoms with Crippen molar-refractivity contribution in [2.75, 3.05) is 30.4 Å². The molecule has 1 aliphatic rings. The van der Waals surface area contributed by atoms with Crippen LogP contribution in [0.25, 0.3) is 0 Å². The molecule has 0 spiro atoms. The van der Waals surface area contributed by atoms with Crippen LogP contribution in [-0.4, -0.2) is 26.1 Å². The lowest BCUT2D eigenvalue weighted by molar-refractivity contribution is 0.102. The molecule has 0 bridgehead atoms. The van der Waals surface area contributed by atoms with E-state index in [0.29, 0.717) is 5.56 Å². The number of rotatable bonds is 4. The first-order chi connectivity index (χ1) is 10.8. The maximum absolute atomic E-state index is 12.3. The van der Waals surface area contributed by atoms with Crippen LogP contribution in [0.1, 0.15) is 10.4 Å². The first kappa shape index (κ1) is 14.2. The number of anilines is 2. The Hall–Kier alpha value is -2.75. The van der Waals surface area contributed by atoms with E-state index in [-0.39, 0.29) is 5.91 Å². The van der Waals surface area contributed by atoms with Gasteiger partial charge < -0.3 is 15.0 Å². The van der Waals surface area contributed by atoms with Crippen LogP contribution in [0.15, 0.2) is 60.7 Å². The summed E-state index contributed by atoms with van der Waals surface area (Å²) in [7, 11) is 1.60. The van der Waals surface area contributed by atoms with Crippen LogP contribution in [0.5, 0.6) is 5.75 Å². The van der Waals surface area contributed by atoms with E-state index in [0.717, 1.165) is 30.2 Å². The van der Waals surface area contributed by atoms with Crippen LogP contribution >= 0.6 is 0 Å². The highest BCUT2D eigenvalue weighted by Crippen LogP contribution is 2.20. The molecule has 4 heteroatoms. The largest absolute Gasteiger partial charge is 0.497 e. The molecule has 0 aromatic heterocycles. The quantitative estimate of drug-likeness (QED) is 0.880. The standard InChI is InChI=1S/C18H18N2O2/c1-22-17-6-4-5-15(13-17)19-18(21)14-7-9-16(10-8-14)20-11-2-3-12-20/h2-10,13H,11-12H2,1H3,(H,19,21). The predicted molar refractivity (Wildman–Crippen MR) is 88.7 cm³/mol. The molecule has 1 aliphatic heterocycles. The monoisotopic (exact) mass is 294 g/mol. The number of benzene rings is 2. The number of amides is 1. The Balaban J connectivity index is 1.69. The van der Waals surface area contributed by atoms with Gasteiger partial charge in [0, 0.05) is 36.1 Å². The number of hydrogen-bond donors (Lipinski definition) is 1. The smallest absolute Gasteiger partial charge is 0.255 e. The van der Waals surface area contributed by atoms with Crippen molar-refractivity contribution in [2.24, 2.45) is 0 Å². The molecule has 1 heterocycles. The summed E-state index contributed by atoms with van der Waals surface area (Å²) in [6.07, 6.45) is 4.28. The van der Waals surface area contributed by atoms with E-state index in [2.05, 4.69) is 22.4 Å². The average molecular weight is 294 g/mol. The second-order valence-corrected chi connectivity index (χ2v) is 5.11. The maximum atomic E-state index is 12.3. The fourth-order valence-corrected chi connectivity index (χ4v) is 2.42. The normalized spacial score (nSPS) is 13.2. The average Bonchev–Trinajstić information content (AvgIpc) is 3.09. The van der Waals surface area contributed by atoms with E-state index in [1.54, 1.807) is 13.2 Å². The molecule has 3 rings (SSSR count). The summed E-state index contributed by atoms with van der Waals surface area (Å²) in [6, 6.07) is 15.0. The van der Waals surface area contributed by atoms with E-state index in [1.807, 2.05) is 42.5 Å². The minimum absolute atomic E-state index is 0.126. The van der Waals surface area contributed by atoms with Gasteiger partial charge in [0.15, 0.2) is 0 Å². The molecule has 112 valence electrons. The van der Waals surface area contributed by atoms with E-state index in [1.165, 1.54) is 0 Å². The minimum Gasteiger partial charge on any atom is -0.497 e. The molecule has 2 aromatic carbocycles. The van der Waals surface area contributed by atoms with Crippen molar-refractivity contribution in [3.63, 3.8) is 0 Å². The highest BCUT2D eigenvalue weighted by Gasteiger charge is 2.10. The third-order valence-electron chi connectivity index (χ3n) is 3.64. The topological polar surface area (TPSA) is 41.6 Å². The van der Waals surface area contributed by atoms with Gasteiger partial charge in [-0.3, -0.25) is 4.79 Å². The lowest BCUT2D eigenvalue weighted by atomic mass is 10.1. The van der Waals surface area contributed by atoms with Crippen molar-refractivity contribution < 1.29 is 9.53 Å². The highest BCUT2D eigenvalue weighted by molar-refractivity contribution is 6.04. The zero-order valence-electron chi connectivity index (χ0n) is 12.5. The molecule has 0 unspecified atom stereocenters. The number of nitrogens with zero attached hydrogens (tertiary/aromatic N) is 1. The van der Waals surface area contributed by atoms with Gasteiger partial charge in [-0.15, -0.1) is 0 Å². The van der Waals surface area contributed by atoms with Crippen molar-refractivity contribution in [1.82, 2.24) is 0 Å². The molecule has 1 N–H and O–H groups in total. The Bertz CT molecular complexity index is 684. The van der Waals surface area contributed by atoms with E-state index < -0.39 is 0 Å². The van der Waals surface area contributed by atoms with Gasteiger partial charge >= 0.3 is 0 Å². The van der Waals surface area contributed by atoms with Gasteiger partial charge in [0.2, 0.25) is 0 Å². The summed E-state index contributed by atoms with van der Waals surface area (Å²) in [4.78, 5) is 14.5. The van der Waals surface area contributed by atoms with Gasteiger partial charge in [-0.25, -0.2) is 0 Å². The SMILES string of the molecule is COc1cccc(NC(=O)c2ccc(N3CC=CC3)cc2)c1. The predicted octanol–water partition coefficient (Wildman–Crippen LogP) is 3.32. The Labute approximate surface area is 130 Å². The molecular formula is C18H18N2O2. The van der Waals surface area contributed by atoms with Crippen LogP contribution < -0.4 is 15.0 Å². The van der Waals surface area contributed by atoms with Gasteiger partial charge in [0.1, 0.15) is 5.75 Å². The van der Waals surface area contributed by atoms with Crippen molar-refractivity contribution in [1.29, 1.82) is 0 Å². The summed E-state index contributed by atoms with van der Waals surface area (Å²) in [6.45, 7) is 1.85. The lowest BCUT2D eigenvalue weighted by Crippen LogP contribution is -2.18. The first-order valence-corrected chi connectivity index (χ1v) is 7.22. The van der Waals surface area contributed by atoms with Gasteiger partial charge in [-0.2, -0.15) is 0 Å². The molecule has 0 saturated heterocycles. The van der Waals surface area contributed by atoms with Gasteiger partial charge in [-0.1, -0.05) is 18.2 Å². The third kappa shape index (κ3) is 3.11. The number of nitrogens with one attached hydrogen (secondary N) is 1. The molecule has 2 aromatic rings. The van der Waals surface area contributed by atoms with E-state index >= 15 is 0 Å². The summed E-state index contributed by atoms with van der Waals surface area (Å²) < 4.78 is 5.15. The second-order valence-electron chi connectivity index (χ2n) is 5.11. The number of ether oxygens (including phenoxy) is 1. The van der Waals surface area contributed by atoms with Crippen LogP contribution in [0.3, 0.4) is 0 Å². The van der Waals surface area contributed by atoms with Crippen molar-refractivity contribution >= 4 is 17.3 Å². The molecule has 0 radical (unpaired) electrons. The number of hydrogen-bond acceptors (Lipinski definition) is 3. The van der Waals surface area contributed by atoms with E-state index in [9.17, 15) is 4.79 Å². The van der Waals surface area contributed by atoms with Gasteiger partial charge in [-0.05, 0) is 36.4 Å². The second kappa shape index (κ2) is 6.35. The number of methoxy groups -OCH3 is 1. The summed E-state index contributed by atoms with van der Waals surface area (Å²) >= 11 is 0. The maximum Gasteiger partial charge on any atom is 0.255 e. The Kier molecular flexibility index (Phi) is 4.10. The zero-order valence-corrected chi connectivity index (χ0v) is 12.5. The zero-order chi connectivity index (χ0) is 15.4. The lowest BCUT2D eigenvalue weighted by Gasteiger charge is -2.17. The Morgan fingerprint density at radius 1 is 1.09 bits per heavy atom. The van der Waals surface area contributed by atoms with Crippen LogP contribution in [0.4, 0.5) is 11.4 Å². The Morgan fingerprint density at radius 3 is 2.50 bits per heavy atom. The van der Waals surface area contributed by atoms with Crippen LogP contribution in [0.2, 0.25) is 0 Å². The van der Waals surface area contributed by atoms with E-state index in [4.69, 9.17) is 4.74 Å². The Morgan fingerprint density at radius 2 is 1.82 bits per heavy atom. The van der Waals surface area contributed by atoms with Crippen molar-refractivity contribution in [2.45, 2.75) is 0 Å². The molecule has 22 heavy (non-hydrogen) atoms. The molecule has 1 amide bonds. The van der Waals surface area contributed by atoms with Gasteiger partial charge in [0.05, 0.1) is 7.11 Å². The molecular weight excluding hydrogens is 276 g/mol. The summed E-state index contributed by atoms with van der Waals surface area (Å²) in [5.41, 5.74) is 2.49. The fraction of sp³-hybridized carbons (Fsp3) is 0.167. The van der Waals surface area contributed by atoms with Crippen molar-refractivity contribution in [3.8, 4) is 5.75 Å². The number of carbonyl (C=O) groups is 1. The number of carbonyl (C=O) groups excluding carboxylic acids is 1. The summed E-state index contributed by atoms with van der Waals surface area (Å²) in [5.74, 6) is 0.592. The van der Waals surface area contributed by atoms with Crippen molar-refractivity contribution in [3.05, 3.63) is 66.2 Å². The molecule has 0 fully saturated rings. The summed E-state index contributed by atoms with van der Waals surface area (Å²) in [5, 5.41) is 2.88. The molecule has 0 saturated carbocycles. The molecule has 4 nitrogen and oxygen atoms in total. The van der Waals surface area contributed by atoms with Crippen LogP contribution in [0, 0.1) is 0 Å². The van der Waals surface area contributed by atoms with Crippen LogP contribution in [-0.2, 0) is 0 Å². The third-order valence-corrected chi connectivity index (χ3v) is 3.64. The van der Waals surface area contributed by atoms with Gasteiger partial charge in [0.25, 0.3) is 5.91 Å². The highest BCUT2D eigenvalue weighted by atomic mass is 16.5. The molecule has 0 atom stereocenters. The minimum atomic E-state index is -0.126. The first-order valence-electron chi connectivity index (χ1n) is 7.22. The molecule has 0 aliphatic carbocycles. The fourth-order valence-electron chi connectivity index (χ4n) is 2.42.